The van der Waals surface area contributed by atoms with Gasteiger partial charge in [0.2, 0.25) is 5.91 Å². The van der Waals surface area contributed by atoms with Crippen LogP contribution in [0, 0.1) is 11.8 Å². The van der Waals surface area contributed by atoms with Crippen molar-refractivity contribution in [1.82, 2.24) is 4.90 Å². The number of hydrogen-bond donors (Lipinski definition) is 0. The number of nitrogens with zero attached hydrogens (tertiary/aromatic N) is 1. The first-order valence-corrected chi connectivity index (χ1v) is 9.78. The molecule has 1 aliphatic carbocycles. The molecule has 2 aliphatic rings. The number of carbonyl (C=O) groups is 1. The Morgan fingerprint density at radius 3 is 2.38 bits per heavy atom. The monoisotopic (exact) mass is 335 g/mol. The van der Waals surface area contributed by atoms with Crippen molar-refractivity contribution in [3.63, 3.8) is 0 Å². The molecule has 1 fully saturated rings. The zero-order valence-corrected chi connectivity index (χ0v) is 16.3. The van der Waals surface area contributed by atoms with E-state index in [0.29, 0.717) is 12.5 Å². The van der Waals surface area contributed by atoms with Gasteiger partial charge in [-0.05, 0) is 43.6 Å². The van der Waals surface area contributed by atoms with Crippen LogP contribution in [-0.2, 0) is 9.53 Å². The van der Waals surface area contributed by atoms with E-state index in [2.05, 4.69) is 33.4 Å². The summed E-state index contributed by atoms with van der Waals surface area (Å²) < 4.78 is 5.59. The summed E-state index contributed by atoms with van der Waals surface area (Å²) in [4.78, 5) is 14.6. The predicted molar refractivity (Wildman–Crippen MR) is 102 cm³/mol. The Hall–Kier alpha value is -1.25. The molecule has 0 aromatic carbocycles. The molecule has 1 amide bonds. The number of amides is 1. The fourth-order valence-corrected chi connectivity index (χ4v) is 3.10. The van der Waals surface area contributed by atoms with Crippen LogP contribution in [0.25, 0.3) is 0 Å². The molecule has 138 valence electrons. The molecule has 2 rings (SSSR count). The normalized spacial score (nSPS) is 23.7. The average molecular weight is 336 g/mol. The Morgan fingerprint density at radius 2 is 1.88 bits per heavy atom. The Morgan fingerprint density at radius 1 is 1.25 bits per heavy atom. The summed E-state index contributed by atoms with van der Waals surface area (Å²) in [5.74, 6) is 2.28. The fraction of sp³-hybridized carbons (Fsp3) is 0.762. The third kappa shape index (κ3) is 7.11. The summed E-state index contributed by atoms with van der Waals surface area (Å²) in [6.07, 6.45) is 9.77. The van der Waals surface area contributed by atoms with Crippen molar-refractivity contribution in [2.24, 2.45) is 11.8 Å². The molecule has 0 spiro atoms. The minimum Gasteiger partial charge on any atom is -0.494 e. The van der Waals surface area contributed by atoms with Gasteiger partial charge >= 0.3 is 0 Å². The number of carbonyl (C=O) groups excluding carboxylic acids is 1. The highest BCUT2D eigenvalue weighted by molar-refractivity contribution is 5.79. The van der Waals surface area contributed by atoms with Crippen LogP contribution in [0.4, 0.5) is 0 Å². The lowest BCUT2D eigenvalue weighted by Crippen LogP contribution is -2.40. The third-order valence-corrected chi connectivity index (χ3v) is 4.84. The van der Waals surface area contributed by atoms with Crippen LogP contribution in [-0.4, -0.2) is 30.5 Å². The van der Waals surface area contributed by atoms with Gasteiger partial charge in [-0.25, -0.2) is 0 Å². The standard InChI is InChI=1S/C18H29NO2.C3H8/c1-4-15(3)21-13-16-9-11-19(12-10-16)18(20)17-7-5-14(2)6-8-17;1-3-2/h9,14,17H,3-8,10-13H2,1-2H3;3H2,1-2H3. The maximum atomic E-state index is 12.5. The van der Waals surface area contributed by atoms with Crippen molar-refractivity contribution in [2.75, 3.05) is 19.7 Å². The largest absolute Gasteiger partial charge is 0.494 e. The lowest BCUT2D eigenvalue weighted by atomic mass is 9.82. The molecule has 3 nitrogen and oxygen atoms in total. The molecule has 0 unspecified atom stereocenters. The van der Waals surface area contributed by atoms with E-state index in [-0.39, 0.29) is 5.92 Å². The van der Waals surface area contributed by atoms with Gasteiger partial charge in [-0.3, -0.25) is 4.79 Å². The van der Waals surface area contributed by atoms with Gasteiger partial charge in [-0.2, -0.15) is 0 Å². The van der Waals surface area contributed by atoms with Gasteiger partial charge < -0.3 is 9.64 Å². The molecule has 1 saturated carbocycles. The van der Waals surface area contributed by atoms with E-state index in [0.717, 1.165) is 50.4 Å². The van der Waals surface area contributed by atoms with Gasteiger partial charge in [0, 0.05) is 25.4 Å². The van der Waals surface area contributed by atoms with E-state index in [4.69, 9.17) is 4.74 Å². The number of allylic oxidation sites excluding steroid dienone is 1. The molecule has 1 heterocycles. The molecule has 0 aromatic rings. The highest BCUT2D eigenvalue weighted by Gasteiger charge is 2.28. The van der Waals surface area contributed by atoms with Crippen LogP contribution >= 0.6 is 0 Å². The summed E-state index contributed by atoms with van der Waals surface area (Å²) >= 11 is 0. The first kappa shape index (κ1) is 20.8. The second kappa shape index (κ2) is 11.3. The Balaban J connectivity index is 0.000000891. The van der Waals surface area contributed by atoms with Crippen molar-refractivity contribution in [1.29, 1.82) is 0 Å². The lowest BCUT2D eigenvalue weighted by molar-refractivity contribution is -0.136. The minimum atomic E-state index is 0.271. The van der Waals surface area contributed by atoms with Gasteiger partial charge in [-0.1, -0.05) is 46.8 Å². The smallest absolute Gasteiger partial charge is 0.225 e. The number of hydrogen-bond acceptors (Lipinski definition) is 2. The van der Waals surface area contributed by atoms with Crippen LogP contribution in [0.3, 0.4) is 0 Å². The van der Waals surface area contributed by atoms with Crippen molar-refractivity contribution in [3.05, 3.63) is 24.0 Å². The van der Waals surface area contributed by atoms with E-state index >= 15 is 0 Å². The van der Waals surface area contributed by atoms with Gasteiger partial charge in [0.15, 0.2) is 0 Å². The van der Waals surface area contributed by atoms with Crippen LogP contribution in [0.15, 0.2) is 24.0 Å². The first-order valence-electron chi connectivity index (χ1n) is 9.78. The van der Waals surface area contributed by atoms with E-state index in [1.807, 2.05) is 11.8 Å². The van der Waals surface area contributed by atoms with Gasteiger partial charge in [0.25, 0.3) is 0 Å². The molecule has 0 N–H and O–H groups in total. The number of rotatable bonds is 5. The van der Waals surface area contributed by atoms with Gasteiger partial charge in [-0.15, -0.1) is 0 Å². The molecular weight excluding hydrogens is 298 g/mol. The zero-order chi connectivity index (χ0) is 17.9. The predicted octanol–water partition coefficient (Wildman–Crippen LogP) is 5.33. The molecule has 0 radical (unpaired) electrons. The van der Waals surface area contributed by atoms with Crippen LogP contribution in [0.5, 0.6) is 0 Å². The minimum absolute atomic E-state index is 0.271. The molecule has 3 heteroatoms. The average Bonchev–Trinajstić information content (AvgIpc) is 2.61. The van der Waals surface area contributed by atoms with Gasteiger partial charge in [0.1, 0.15) is 6.61 Å². The Bertz CT molecular complexity index is 420. The Labute approximate surface area is 149 Å². The molecule has 0 saturated heterocycles. The van der Waals surface area contributed by atoms with Crippen LogP contribution < -0.4 is 0 Å². The Kier molecular flexibility index (Phi) is 9.82. The second-order valence-corrected chi connectivity index (χ2v) is 7.24. The lowest BCUT2D eigenvalue weighted by Gasteiger charge is -2.33. The molecule has 0 aromatic heterocycles. The summed E-state index contributed by atoms with van der Waals surface area (Å²) in [5.41, 5.74) is 1.30. The van der Waals surface area contributed by atoms with E-state index < -0.39 is 0 Å². The van der Waals surface area contributed by atoms with E-state index in [1.165, 1.54) is 24.8 Å². The van der Waals surface area contributed by atoms with E-state index in [9.17, 15) is 4.79 Å². The van der Waals surface area contributed by atoms with Crippen LogP contribution in [0.1, 0.15) is 72.6 Å². The van der Waals surface area contributed by atoms with Crippen molar-refractivity contribution < 1.29 is 9.53 Å². The third-order valence-electron chi connectivity index (χ3n) is 4.84. The van der Waals surface area contributed by atoms with Crippen LogP contribution in [0.2, 0.25) is 0 Å². The highest BCUT2D eigenvalue weighted by Crippen LogP contribution is 2.30. The van der Waals surface area contributed by atoms with Crippen molar-refractivity contribution >= 4 is 5.91 Å². The first-order chi connectivity index (χ1) is 11.5. The summed E-state index contributed by atoms with van der Waals surface area (Å²) in [6, 6.07) is 0. The molecular formula is C21H37NO2. The SMILES string of the molecule is C=C(CC)OCC1=CCN(C(=O)C2CCC(C)CC2)CC1.CCC. The summed E-state index contributed by atoms with van der Waals surface area (Å²) in [6.45, 7) is 14.7. The molecule has 24 heavy (non-hydrogen) atoms. The summed E-state index contributed by atoms with van der Waals surface area (Å²) in [7, 11) is 0. The summed E-state index contributed by atoms with van der Waals surface area (Å²) in [5, 5.41) is 0. The number of ether oxygens (including phenoxy) is 1. The zero-order valence-electron chi connectivity index (χ0n) is 16.3. The second-order valence-electron chi connectivity index (χ2n) is 7.24. The van der Waals surface area contributed by atoms with Gasteiger partial charge in [0.05, 0.1) is 5.76 Å². The van der Waals surface area contributed by atoms with Crippen molar-refractivity contribution in [3.8, 4) is 0 Å². The van der Waals surface area contributed by atoms with E-state index in [1.54, 1.807) is 0 Å². The highest BCUT2D eigenvalue weighted by atomic mass is 16.5. The molecule has 0 atom stereocenters. The molecule has 1 aliphatic heterocycles. The quantitative estimate of drug-likeness (QED) is 0.502. The maximum Gasteiger partial charge on any atom is 0.225 e. The molecule has 0 bridgehead atoms. The fourth-order valence-electron chi connectivity index (χ4n) is 3.10. The maximum absolute atomic E-state index is 12.5. The topological polar surface area (TPSA) is 29.5 Å². The van der Waals surface area contributed by atoms with Crippen molar-refractivity contribution in [2.45, 2.75) is 72.6 Å².